The molecule has 1 aliphatic heterocycles. The van der Waals surface area contributed by atoms with Crippen molar-refractivity contribution in [3.8, 4) is 5.75 Å². The number of aliphatic hydroxyl groups is 1. The van der Waals surface area contributed by atoms with Gasteiger partial charge in [-0.15, -0.1) is 0 Å². The molecule has 6 nitrogen and oxygen atoms in total. The van der Waals surface area contributed by atoms with E-state index in [4.69, 9.17) is 4.42 Å². The number of amides is 1. The predicted molar refractivity (Wildman–Crippen MR) is 67.6 cm³/mol. The van der Waals surface area contributed by atoms with Gasteiger partial charge in [0.25, 0.3) is 5.91 Å². The summed E-state index contributed by atoms with van der Waals surface area (Å²) in [7, 11) is 0. The Morgan fingerprint density at radius 2 is 2.11 bits per heavy atom. The monoisotopic (exact) mass is 265 g/mol. The molecule has 3 N–H and O–H groups in total. The normalized spacial score (nSPS) is 21.7. The molecule has 2 heterocycles. The first kappa shape index (κ1) is 13.4. The van der Waals surface area contributed by atoms with Gasteiger partial charge >= 0.3 is 0 Å². The molecule has 0 saturated carbocycles. The molecule has 0 aliphatic carbocycles. The maximum atomic E-state index is 11.9. The first-order chi connectivity index (χ1) is 8.88. The molecule has 2 rings (SSSR count). The van der Waals surface area contributed by atoms with Crippen molar-refractivity contribution in [2.24, 2.45) is 0 Å². The fourth-order valence-electron chi connectivity index (χ4n) is 1.90. The van der Waals surface area contributed by atoms with Gasteiger partial charge in [-0.05, 0) is 19.4 Å². The van der Waals surface area contributed by atoms with Crippen LogP contribution in [0.4, 0.5) is 0 Å². The standard InChI is InChI=1S/C13H15NO5/c1-3-4-5-6-7-9(15)10(16)8-11(19-7)13(2,18)14-12(8)17/h5-6,15,18H,3-4H2,1-2H3,(H,14,17)/b6-5+. The number of aromatic hydroxyl groups is 1. The van der Waals surface area contributed by atoms with E-state index in [1.165, 1.54) is 13.0 Å². The van der Waals surface area contributed by atoms with Gasteiger partial charge in [0.1, 0.15) is 5.56 Å². The van der Waals surface area contributed by atoms with E-state index in [-0.39, 0.29) is 17.1 Å². The van der Waals surface area contributed by atoms with Crippen molar-refractivity contribution >= 4 is 12.0 Å². The zero-order valence-electron chi connectivity index (χ0n) is 10.7. The number of nitrogens with one attached hydrogen (secondary N) is 1. The van der Waals surface area contributed by atoms with Crippen LogP contribution in [-0.4, -0.2) is 16.1 Å². The Balaban J connectivity index is 2.60. The van der Waals surface area contributed by atoms with Gasteiger partial charge in [0.15, 0.2) is 17.2 Å². The SMILES string of the molecule is CCC/C=C/c1oc2c(c(=O)c1O)C(=O)NC2(C)O. The third-order valence-corrected chi connectivity index (χ3v) is 2.87. The van der Waals surface area contributed by atoms with E-state index in [2.05, 4.69) is 5.32 Å². The number of fused-ring (bicyclic) bond motifs is 1. The van der Waals surface area contributed by atoms with Crippen LogP contribution in [-0.2, 0) is 5.72 Å². The van der Waals surface area contributed by atoms with Gasteiger partial charge in [-0.1, -0.05) is 19.4 Å². The van der Waals surface area contributed by atoms with Gasteiger partial charge in [0.2, 0.25) is 11.2 Å². The fourth-order valence-corrected chi connectivity index (χ4v) is 1.90. The summed E-state index contributed by atoms with van der Waals surface area (Å²) >= 11 is 0. The summed E-state index contributed by atoms with van der Waals surface area (Å²) in [6, 6.07) is 0. The van der Waals surface area contributed by atoms with E-state index in [9.17, 15) is 19.8 Å². The highest BCUT2D eigenvalue weighted by Gasteiger charge is 2.43. The highest BCUT2D eigenvalue weighted by Crippen LogP contribution is 2.30. The third kappa shape index (κ3) is 2.15. The van der Waals surface area contributed by atoms with Crippen LogP contribution in [0.2, 0.25) is 0 Å². The first-order valence-electron chi connectivity index (χ1n) is 6.00. The zero-order valence-corrected chi connectivity index (χ0v) is 10.7. The summed E-state index contributed by atoms with van der Waals surface area (Å²) in [5.41, 5.74) is -2.94. The van der Waals surface area contributed by atoms with Crippen LogP contribution in [0.3, 0.4) is 0 Å². The predicted octanol–water partition coefficient (Wildman–Crippen LogP) is 1.07. The molecule has 0 fully saturated rings. The molecule has 1 unspecified atom stereocenters. The highest BCUT2D eigenvalue weighted by atomic mass is 16.4. The van der Waals surface area contributed by atoms with E-state index in [1.54, 1.807) is 6.08 Å². The average Bonchev–Trinajstić information content (AvgIpc) is 2.55. The lowest BCUT2D eigenvalue weighted by atomic mass is 10.1. The summed E-state index contributed by atoms with van der Waals surface area (Å²) in [5, 5.41) is 21.9. The number of carbonyl (C=O) groups is 1. The molecule has 1 aliphatic rings. The number of allylic oxidation sites excluding steroid dienone is 1. The van der Waals surface area contributed by atoms with Crippen molar-refractivity contribution < 1.29 is 19.4 Å². The van der Waals surface area contributed by atoms with Crippen LogP contribution in [0, 0.1) is 0 Å². The summed E-state index contributed by atoms with van der Waals surface area (Å²) in [5.74, 6) is -1.61. The maximum Gasteiger partial charge on any atom is 0.261 e. The van der Waals surface area contributed by atoms with Crippen molar-refractivity contribution in [1.82, 2.24) is 5.32 Å². The third-order valence-electron chi connectivity index (χ3n) is 2.87. The number of hydrogen-bond acceptors (Lipinski definition) is 5. The Labute approximate surface area is 109 Å². The van der Waals surface area contributed by atoms with Crippen LogP contribution in [0.15, 0.2) is 15.3 Å². The van der Waals surface area contributed by atoms with E-state index in [0.717, 1.165) is 12.8 Å². The maximum absolute atomic E-state index is 11.9. The molecule has 0 radical (unpaired) electrons. The van der Waals surface area contributed by atoms with E-state index in [0.29, 0.717) is 0 Å². The Morgan fingerprint density at radius 1 is 1.42 bits per heavy atom. The number of carbonyl (C=O) groups excluding carboxylic acids is 1. The van der Waals surface area contributed by atoms with E-state index < -0.39 is 22.8 Å². The molecular formula is C13H15NO5. The Hall–Kier alpha value is -2.08. The van der Waals surface area contributed by atoms with Gasteiger partial charge in [-0.2, -0.15) is 0 Å². The summed E-state index contributed by atoms with van der Waals surface area (Å²) in [6.07, 6.45) is 4.86. The molecule has 6 heteroatoms. The smallest absolute Gasteiger partial charge is 0.261 e. The second-order valence-corrected chi connectivity index (χ2v) is 4.57. The lowest BCUT2D eigenvalue weighted by Gasteiger charge is -2.15. The second kappa shape index (κ2) is 4.55. The minimum absolute atomic E-state index is 0.0611. The molecule has 19 heavy (non-hydrogen) atoms. The second-order valence-electron chi connectivity index (χ2n) is 4.57. The Bertz CT molecular complexity index is 612. The van der Waals surface area contributed by atoms with E-state index in [1.807, 2.05) is 6.92 Å². The quantitative estimate of drug-likeness (QED) is 0.759. The topological polar surface area (TPSA) is 99.8 Å². The minimum Gasteiger partial charge on any atom is -0.502 e. The van der Waals surface area contributed by atoms with Crippen LogP contribution in [0.1, 0.15) is 48.6 Å². The molecule has 1 aromatic heterocycles. The lowest BCUT2D eigenvalue weighted by Crippen LogP contribution is -2.35. The summed E-state index contributed by atoms with van der Waals surface area (Å²) < 4.78 is 5.29. The summed E-state index contributed by atoms with van der Waals surface area (Å²) in [4.78, 5) is 23.5. The molecule has 0 aromatic carbocycles. The Morgan fingerprint density at radius 3 is 2.74 bits per heavy atom. The van der Waals surface area contributed by atoms with Gasteiger partial charge in [0.05, 0.1) is 0 Å². The summed E-state index contributed by atoms with van der Waals surface area (Å²) in [6.45, 7) is 3.28. The molecule has 1 atom stereocenters. The van der Waals surface area contributed by atoms with Crippen LogP contribution >= 0.6 is 0 Å². The zero-order chi connectivity index (χ0) is 14.2. The minimum atomic E-state index is -1.74. The number of unbranched alkanes of at least 4 members (excludes halogenated alkanes) is 1. The first-order valence-corrected chi connectivity index (χ1v) is 6.00. The number of hydrogen-bond donors (Lipinski definition) is 3. The van der Waals surface area contributed by atoms with Crippen molar-refractivity contribution in [3.63, 3.8) is 0 Å². The molecule has 0 saturated heterocycles. The fraction of sp³-hybridized carbons (Fsp3) is 0.385. The van der Waals surface area contributed by atoms with E-state index >= 15 is 0 Å². The average molecular weight is 265 g/mol. The molecule has 1 amide bonds. The number of rotatable bonds is 3. The van der Waals surface area contributed by atoms with Crippen molar-refractivity contribution in [2.45, 2.75) is 32.4 Å². The molecule has 0 bridgehead atoms. The van der Waals surface area contributed by atoms with Crippen molar-refractivity contribution in [2.75, 3.05) is 0 Å². The lowest BCUT2D eigenvalue weighted by molar-refractivity contribution is 0.0121. The molecular weight excluding hydrogens is 250 g/mol. The largest absolute Gasteiger partial charge is 0.502 e. The Kier molecular flexibility index (Phi) is 3.20. The van der Waals surface area contributed by atoms with Gasteiger partial charge < -0.3 is 19.9 Å². The molecule has 1 aromatic rings. The van der Waals surface area contributed by atoms with Crippen molar-refractivity contribution in [3.05, 3.63) is 33.4 Å². The molecule has 102 valence electrons. The van der Waals surface area contributed by atoms with Crippen molar-refractivity contribution in [1.29, 1.82) is 0 Å². The van der Waals surface area contributed by atoms with Crippen LogP contribution in [0.5, 0.6) is 5.75 Å². The van der Waals surface area contributed by atoms with Crippen LogP contribution in [0.25, 0.3) is 6.08 Å². The van der Waals surface area contributed by atoms with Gasteiger partial charge in [-0.25, -0.2) is 0 Å². The van der Waals surface area contributed by atoms with Crippen LogP contribution < -0.4 is 10.7 Å². The highest BCUT2D eigenvalue weighted by molar-refractivity contribution is 5.99. The molecule has 0 spiro atoms. The van der Waals surface area contributed by atoms with Gasteiger partial charge in [0, 0.05) is 0 Å². The van der Waals surface area contributed by atoms with Gasteiger partial charge in [-0.3, -0.25) is 9.59 Å².